The Morgan fingerprint density at radius 3 is 2.53 bits per heavy atom. The second-order valence-electron chi connectivity index (χ2n) is 4.66. The van der Waals surface area contributed by atoms with E-state index in [1.54, 1.807) is 0 Å². The second-order valence-corrected chi connectivity index (χ2v) is 5.07. The lowest BCUT2D eigenvalue weighted by Crippen LogP contribution is -2.17. The number of nitrogens with one attached hydrogen (secondary N) is 1. The first kappa shape index (κ1) is 12.4. The maximum Gasteiger partial charge on any atom is 0.0637 e. The van der Waals surface area contributed by atoms with Crippen LogP contribution in [0.5, 0.6) is 0 Å². The monoisotopic (exact) mass is 225 g/mol. The van der Waals surface area contributed by atoms with Gasteiger partial charge in [-0.15, -0.1) is 0 Å². The first-order valence-corrected chi connectivity index (χ1v) is 5.89. The maximum atomic E-state index is 6.11. The Balaban J connectivity index is 2.67. The van der Waals surface area contributed by atoms with E-state index in [0.29, 0.717) is 12.0 Å². The number of hydrogen-bond donors (Lipinski definition) is 1. The first-order valence-electron chi connectivity index (χ1n) is 5.51. The number of anilines is 1. The molecule has 15 heavy (non-hydrogen) atoms. The van der Waals surface area contributed by atoms with Crippen LogP contribution in [-0.2, 0) is 0 Å². The third kappa shape index (κ3) is 4.13. The molecule has 0 aliphatic rings. The summed E-state index contributed by atoms with van der Waals surface area (Å²) in [7, 11) is 0. The van der Waals surface area contributed by atoms with E-state index in [1.807, 2.05) is 12.1 Å². The Labute approximate surface area is 97.8 Å². The van der Waals surface area contributed by atoms with Gasteiger partial charge in [-0.05, 0) is 43.9 Å². The van der Waals surface area contributed by atoms with Crippen LogP contribution in [0, 0.1) is 12.8 Å². The van der Waals surface area contributed by atoms with Crippen LogP contribution < -0.4 is 5.32 Å². The molecule has 0 amide bonds. The molecule has 0 aliphatic heterocycles. The van der Waals surface area contributed by atoms with Gasteiger partial charge in [-0.2, -0.15) is 0 Å². The summed E-state index contributed by atoms with van der Waals surface area (Å²) in [5.74, 6) is 0.705. The van der Waals surface area contributed by atoms with Gasteiger partial charge in [0.1, 0.15) is 0 Å². The molecule has 0 saturated heterocycles. The Morgan fingerprint density at radius 1 is 1.27 bits per heavy atom. The highest BCUT2D eigenvalue weighted by Gasteiger charge is 2.07. The van der Waals surface area contributed by atoms with Crippen molar-refractivity contribution < 1.29 is 0 Å². The summed E-state index contributed by atoms with van der Waals surface area (Å²) in [5, 5.41) is 4.25. The summed E-state index contributed by atoms with van der Waals surface area (Å²) >= 11 is 6.11. The van der Waals surface area contributed by atoms with E-state index in [4.69, 9.17) is 11.6 Å². The van der Waals surface area contributed by atoms with E-state index in [9.17, 15) is 0 Å². The van der Waals surface area contributed by atoms with Crippen molar-refractivity contribution in [3.05, 3.63) is 28.8 Å². The fraction of sp³-hybridized carbons (Fsp3) is 0.538. The molecule has 0 bridgehead atoms. The van der Waals surface area contributed by atoms with Crippen LogP contribution in [0.3, 0.4) is 0 Å². The summed E-state index contributed by atoms with van der Waals surface area (Å²) in [4.78, 5) is 0. The summed E-state index contributed by atoms with van der Waals surface area (Å²) < 4.78 is 0. The van der Waals surface area contributed by atoms with Crippen molar-refractivity contribution in [2.45, 2.75) is 40.2 Å². The number of hydrogen-bond acceptors (Lipinski definition) is 1. The number of benzene rings is 1. The highest BCUT2D eigenvalue weighted by Crippen LogP contribution is 2.24. The minimum absolute atomic E-state index is 0.462. The van der Waals surface area contributed by atoms with Gasteiger partial charge in [-0.25, -0.2) is 0 Å². The third-order valence-corrected chi connectivity index (χ3v) is 2.68. The lowest BCUT2D eigenvalue weighted by Gasteiger charge is -2.18. The van der Waals surface area contributed by atoms with Crippen LogP contribution in [0.25, 0.3) is 0 Å². The van der Waals surface area contributed by atoms with Crippen LogP contribution in [-0.4, -0.2) is 6.04 Å². The molecule has 0 radical (unpaired) electrons. The number of halogens is 1. The summed E-state index contributed by atoms with van der Waals surface area (Å²) in [6.07, 6.45) is 1.16. The van der Waals surface area contributed by atoms with Crippen molar-refractivity contribution in [1.29, 1.82) is 0 Å². The first-order chi connectivity index (χ1) is 6.99. The lowest BCUT2D eigenvalue weighted by atomic mass is 10.0. The van der Waals surface area contributed by atoms with E-state index in [-0.39, 0.29) is 0 Å². The van der Waals surface area contributed by atoms with E-state index >= 15 is 0 Å². The molecule has 0 aromatic heterocycles. The van der Waals surface area contributed by atoms with Crippen molar-refractivity contribution in [1.82, 2.24) is 0 Å². The standard InChI is InChI=1S/C13H20ClN/c1-9(2)7-11(4)15-13-8-10(3)5-6-12(13)14/h5-6,8-9,11,15H,7H2,1-4H3. The van der Waals surface area contributed by atoms with E-state index in [1.165, 1.54) is 5.56 Å². The molecule has 0 saturated carbocycles. The van der Waals surface area contributed by atoms with Crippen LogP contribution in [0.1, 0.15) is 32.8 Å². The average molecular weight is 226 g/mol. The van der Waals surface area contributed by atoms with E-state index in [0.717, 1.165) is 17.1 Å². The van der Waals surface area contributed by atoms with Gasteiger partial charge in [0.15, 0.2) is 0 Å². The van der Waals surface area contributed by atoms with Crippen LogP contribution >= 0.6 is 11.6 Å². The van der Waals surface area contributed by atoms with Gasteiger partial charge >= 0.3 is 0 Å². The molecule has 2 heteroatoms. The Morgan fingerprint density at radius 2 is 1.93 bits per heavy atom. The number of rotatable bonds is 4. The fourth-order valence-corrected chi connectivity index (χ4v) is 1.95. The molecule has 1 unspecified atom stereocenters. The second kappa shape index (κ2) is 5.41. The molecular formula is C13H20ClN. The van der Waals surface area contributed by atoms with Crippen molar-refractivity contribution in [3.8, 4) is 0 Å². The van der Waals surface area contributed by atoms with Gasteiger partial charge in [0.2, 0.25) is 0 Å². The highest BCUT2D eigenvalue weighted by atomic mass is 35.5. The van der Waals surface area contributed by atoms with E-state index < -0.39 is 0 Å². The molecule has 0 spiro atoms. The van der Waals surface area contributed by atoms with Crippen LogP contribution in [0.2, 0.25) is 5.02 Å². The normalized spacial score (nSPS) is 12.9. The Hall–Kier alpha value is -0.690. The zero-order chi connectivity index (χ0) is 11.4. The zero-order valence-corrected chi connectivity index (χ0v) is 10.7. The molecule has 1 N–H and O–H groups in total. The molecule has 1 aromatic carbocycles. The molecule has 1 atom stereocenters. The average Bonchev–Trinajstić information content (AvgIpc) is 2.10. The number of aryl methyl sites for hydroxylation is 1. The highest BCUT2D eigenvalue weighted by molar-refractivity contribution is 6.33. The smallest absolute Gasteiger partial charge is 0.0637 e. The van der Waals surface area contributed by atoms with Gasteiger partial charge in [0.05, 0.1) is 10.7 Å². The van der Waals surface area contributed by atoms with Crippen molar-refractivity contribution in [3.63, 3.8) is 0 Å². The van der Waals surface area contributed by atoms with Gasteiger partial charge in [0, 0.05) is 6.04 Å². The fourth-order valence-electron chi connectivity index (χ4n) is 1.78. The predicted molar refractivity (Wildman–Crippen MR) is 68.7 cm³/mol. The van der Waals surface area contributed by atoms with Crippen molar-refractivity contribution >= 4 is 17.3 Å². The van der Waals surface area contributed by atoms with Gasteiger partial charge < -0.3 is 5.32 Å². The van der Waals surface area contributed by atoms with E-state index in [2.05, 4.69) is 39.1 Å². The largest absolute Gasteiger partial charge is 0.381 e. The molecule has 0 aliphatic carbocycles. The molecule has 1 rings (SSSR count). The lowest BCUT2D eigenvalue weighted by molar-refractivity contribution is 0.540. The molecule has 1 aromatic rings. The van der Waals surface area contributed by atoms with Gasteiger partial charge in [-0.1, -0.05) is 31.5 Å². The quantitative estimate of drug-likeness (QED) is 0.796. The minimum atomic E-state index is 0.462. The Bertz CT molecular complexity index is 320. The Kier molecular flexibility index (Phi) is 4.46. The molecule has 84 valence electrons. The summed E-state index contributed by atoms with van der Waals surface area (Å²) in [6, 6.07) is 6.53. The van der Waals surface area contributed by atoms with Gasteiger partial charge in [-0.3, -0.25) is 0 Å². The SMILES string of the molecule is Cc1ccc(Cl)c(NC(C)CC(C)C)c1. The predicted octanol–water partition coefficient (Wildman–Crippen LogP) is 4.49. The molecule has 0 fully saturated rings. The summed E-state index contributed by atoms with van der Waals surface area (Å²) in [6.45, 7) is 8.74. The zero-order valence-electron chi connectivity index (χ0n) is 9.97. The van der Waals surface area contributed by atoms with Gasteiger partial charge in [0.25, 0.3) is 0 Å². The molecular weight excluding hydrogens is 206 g/mol. The van der Waals surface area contributed by atoms with Crippen LogP contribution in [0.15, 0.2) is 18.2 Å². The van der Waals surface area contributed by atoms with Crippen molar-refractivity contribution in [2.75, 3.05) is 5.32 Å². The minimum Gasteiger partial charge on any atom is -0.381 e. The maximum absolute atomic E-state index is 6.11. The molecule has 0 heterocycles. The molecule has 1 nitrogen and oxygen atoms in total. The summed E-state index contributed by atoms with van der Waals surface area (Å²) in [5.41, 5.74) is 2.28. The topological polar surface area (TPSA) is 12.0 Å². The van der Waals surface area contributed by atoms with Crippen molar-refractivity contribution in [2.24, 2.45) is 5.92 Å². The van der Waals surface area contributed by atoms with Crippen LogP contribution in [0.4, 0.5) is 5.69 Å². The third-order valence-electron chi connectivity index (χ3n) is 2.35.